The van der Waals surface area contributed by atoms with Gasteiger partial charge in [-0.25, -0.2) is 9.59 Å². The molecule has 2 aromatic carbocycles. The predicted octanol–water partition coefficient (Wildman–Crippen LogP) is 4.69. The minimum atomic E-state index is -5.03. The highest BCUT2D eigenvalue weighted by Gasteiger charge is 2.47. The molecule has 3 N–H and O–H groups in total. The molecule has 2 aromatic rings. The number of aliphatic hydroxyl groups is 1. The largest absolute Gasteiger partial charge is 0.497 e. The van der Waals surface area contributed by atoms with Gasteiger partial charge in [-0.15, -0.1) is 0 Å². The van der Waals surface area contributed by atoms with Gasteiger partial charge in [-0.05, 0) is 44.0 Å². The standard InChI is InChI=1S/C32H38F3N3O9/c1-20-26(27(21-10-8-11-22(16-21)38(42)43)28(30(40)45-3)29(37-20)32(33,34)35)31(41)46-15-7-5-4-6-14-36-18-23(39)19-47-25-13-9-12-24(17-25)44-2/h8-13,16-17,23,27,36-37,39H,4-7,14-15,18-19H2,1-3H3. The number of rotatable bonds is 17. The molecule has 15 heteroatoms. The lowest BCUT2D eigenvalue weighted by Gasteiger charge is -2.31. The third kappa shape index (κ3) is 10.4. The van der Waals surface area contributed by atoms with Gasteiger partial charge in [-0.3, -0.25) is 10.1 Å². The van der Waals surface area contributed by atoms with E-state index in [1.165, 1.54) is 19.1 Å². The number of hydrogen-bond donors (Lipinski definition) is 3. The van der Waals surface area contributed by atoms with Crippen molar-refractivity contribution < 1.29 is 51.7 Å². The fraction of sp³-hybridized carbons (Fsp3) is 0.438. The Kier molecular flexibility index (Phi) is 13.6. The SMILES string of the molecule is COC(=O)C1=C(C(F)(F)F)NC(C)=C(C(=O)OCCCCCCNCC(O)COc2cccc(OC)c2)C1c1cccc([N+](=O)[O-])c1. The summed E-state index contributed by atoms with van der Waals surface area (Å²) in [6.45, 7) is 2.24. The normalized spacial score (nSPS) is 15.5. The van der Waals surface area contributed by atoms with Crippen molar-refractivity contribution >= 4 is 17.6 Å². The number of unbranched alkanes of at least 4 members (excludes halogenated alkanes) is 3. The molecular weight excluding hydrogens is 627 g/mol. The Labute approximate surface area is 269 Å². The number of esters is 2. The zero-order valence-corrected chi connectivity index (χ0v) is 26.2. The van der Waals surface area contributed by atoms with E-state index in [0.717, 1.165) is 32.1 Å². The van der Waals surface area contributed by atoms with Gasteiger partial charge in [-0.1, -0.05) is 31.0 Å². The van der Waals surface area contributed by atoms with Crippen molar-refractivity contribution in [3.8, 4) is 11.5 Å². The molecule has 0 spiro atoms. The van der Waals surface area contributed by atoms with Crippen LogP contribution in [0.25, 0.3) is 0 Å². The van der Waals surface area contributed by atoms with Crippen LogP contribution in [0.15, 0.2) is 71.1 Å². The Morgan fingerprint density at radius 3 is 2.40 bits per heavy atom. The molecule has 0 fully saturated rings. The number of benzene rings is 2. The van der Waals surface area contributed by atoms with Gasteiger partial charge >= 0.3 is 18.1 Å². The number of carbonyl (C=O) groups excluding carboxylic acids is 2. The smallest absolute Gasteiger partial charge is 0.431 e. The Hall–Kier alpha value is -4.63. The minimum absolute atomic E-state index is 0.0472. The van der Waals surface area contributed by atoms with Crippen LogP contribution in [-0.4, -0.2) is 74.8 Å². The molecule has 0 amide bonds. The summed E-state index contributed by atoms with van der Waals surface area (Å²) in [6.07, 6.45) is -3.08. The quantitative estimate of drug-likeness (QED) is 0.0932. The number of halogens is 3. The number of nitro benzene ring substituents is 1. The maximum absolute atomic E-state index is 14.0. The zero-order chi connectivity index (χ0) is 34.6. The van der Waals surface area contributed by atoms with Gasteiger partial charge in [0.15, 0.2) is 0 Å². The molecule has 3 rings (SSSR count). The van der Waals surface area contributed by atoms with Gasteiger partial charge in [0.25, 0.3) is 5.69 Å². The molecule has 0 aliphatic carbocycles. The maximum Gasteiger partial charge on any atom is 0.431 e. The van der Waals surface area contributed by atoms with Crippen molar-refractivity contribution in [2.75, 3.05) is 40.5 Å². The van der Waals surface area contributed by atoms with Crippen LogP contribution in [0.1, 0.15) is 44.1 Å². The number of dihydropyridines is 1. The zero-order valence-electron chi connectivity index (χ0n) is 26.2. The molecule has 1 heterocycles. The number of carbonyl (C=O) groups is 2. The van der Waals surface area contributed by atoms with Gasteiger partial charge in [0.05, 0.1) is 42.8 Å². The average molecular weight is 666 g/mol. The predicted molar refractivity (Wildman–Crippen MR) is 164 cm³/mol. The number of nitrogens with one attached hydrogen (secondary N) is 2. The van der Waals surface area contributed by atoms with Crippen molar-refractivity contribution in [2.24, 2.45) is 0 Å². The number of allylic oxidation sites excluding steroid dienone is 2. The summed E-state index contributed by atoms with van der Waals surface area (Å²) >= 11 is 0. The number of nitro groups is 1. The van der Waals surface area contributed by atoms with Gasteiger partial charge in [0.2, 0.25) is 0 Å². The van der Waals surface area contributed by atoms with Gasteiger partial charge < -0.3 is 34.7 Å². The number of alkyl halides is 3. The van der Waals surface area contributed by atoms with E-state index in [0.29, 0.717) is 37.4 Å². The van der Waals surface area contributed by atoms with E-state index in [1.807, 2.05) is 0 Å². The number of aliphatic hydroxyl groups excluding tert-OH is 1. The fourth-order valence-electron chi connectivity index (χ4n) is 4.96. The Morgan fingerprint density at radius 2 is 1.72 bits per heavy atom. The molecule has 0 aromatic heterocycles. The van der Waals surface area contributed by atoms with E-state index in [-0.39, 0.29) is 30.0 Å². The number of methoxy groups -OCH3 is 2. The third-order valence-corrected chi connectivity index (χ3v) is 7.23. The summed E-state index contributed by atoms with van der Waals surface area (Å²) in [5.41, 5.74) is -3.37. The van der Waals surface area contributed by atoms with E-state index in [4.69, 9.17) is 14.2 Å². The summed E-state index contributed by atoms with van der Waals surface area (Å²) in [5, 5.41) is 26.8. The molecule has 12 nitrogen and oxygen atoms in total. The van der Waals surface area contributed by atoms with Crippen LogP contribution in [0.2, 0.25) is 0 Å². The first-order valence-corrected chi connectivity index (χ1v) is 14.8. The first kappa shape index (κ1) is 36.8. The van der Waals surface area contributed by atoms with E-state index in [1.54, 1.807) is 31.4 Å². The van der Waals surface area contributed by atoms with Crippen molar-refractivity contribution in [1.29, 1.82) is 0 Å². The number of non-ortho nitro benzene ring substituents is 1. The van der Waals surface area contributed by atoms with Crippen molar-refractivity contribution in [3.63, 3.8) is 0 Å². The summed E-state index contributed by atoms with van der Waals surface area (Å²) in [5.74, 6) is -2.74. The number of ether oxygens (including phenoxy) is 4. The Bertz CT molecular complexity index is 1480. The first-order chi connectivity index (χ1) is 22.4. The average Bonchev–Trinajstić information content (AvgIpc) is 3.05. The lowest BCUT2D eigenvalue weighted by Crippen LogP contribution is -2.38. The van der Waals surface area contributed by atoms with E-state index >= 15 is 0 Å². The van der Waals surface area contributed by atoms with Crippen molar-refractivity contribution in [3.05, 3.63) is 86.7 Å². The summed E-state index contributed by atoms with van der Waals surface area (Å²) in [4.78, 5) is 36.6. The van der Waals surface area contributed by atoms with E-state index in [9.17, 15) is 38.0 Å². The number of nitrogens with zero attached hydrogens (tertiary/aromatic N) is 1. The highest BCUT2D eigenvalue weighted by molar-refractivity contribution is 6.00. The Balaban J connectivity index is 1.53. The molecule has 1 aliphatic rings. The molecule has 2 atom stereocenters. The van der Waals surface area contributed by atoms with Crippen LogP contribution in [0.3, 0.4) is 0 Å². The van der Waals surface area contributed by atoms with Crippen LogP contribution >= 0.6 is 0 Å². The molecule has 0 saturated heterocycles. The number of hydrogen-bond acceptors (Lipinski definition) is 11. The summed E-state index contributed by atoms with van der Waals surface area (Å²) in [6, 6.07) is 11.7. The van der Waals surface area contributed by atoms with Crippen LogP contribution < -0.4 is 20.1 Å². The lowest BCUT2D eigenvalue weighted by molar-refractivity contribution is -0.384. The molecular formula is C32H38F3N3O9. The second kappa shape index (κ2) is 17.3. The highest BCUT2D eigenvalue weighted by atomic mass is 19.4. The highest BCUT2D eigenvalue weighted by Crippen LogP contribution is 2.44. The first-order valence-electron chi connectivity index (χ1n) is 14.8. The summed E-state index contributed by atoms with van der Waals surface area (Å²) in [7, 11) is 2.45. The Morgan fingerprint density at radius 1 is 1.02 bits per heavy atom. The lowest BCUT2D eigenvalue weighted by atomic mass is 9.80. The summed E-state index contributed by atoms with van der Waals surface area (Å²) < 4.78 is 62.9. The molecule has 0 radical (unpaired) electrons. The molecule has 1 aliphatic heterocycles. The van der Waals surface area contributed by atoms with Crippen LogP contribution in [0.5, 0.6) is 11.5 Å². The second-order valence-electron chi connectivity index (χ2n) is 10.6. The monoisotopic (exact) mass is 665 g/mol. The van der Waals surface area contributed by atoms with Gasteiger partial charge in [0.1, 0.15) is 29.9 Å². The van der Waals surface area contributed by atoms with E-state index < -0.39 is 52.0 Å². The molecule has 0 saturated carbocycles. The maximum atomic E-state index is 14.0. The fourth-order valence-corrected chi connectivity index (χ4v) is 4.96. The molecule has 2 unspecified atom stereocenters. The van der Waals surface area contributed by atoms with Crippen LogP contribution in [0.4, 0.5) is 18.9 Å². The van der Waals surface area contributed by atoms with Crippen molar-refractivity contribution in [2.45, 2.75) is 50.8 Å². The van der Waals surface area contributed by atoms with Crippen LogP contribution in [-0.2, 0) is 19.1 Å². The topological polar surface area (TPSA) is 158 Å². The van der Waals surface area contributed by atoms with Crippen molar-refractivity contribution in [1.82, 2.24) is 10.6 Å². The molecule has 256 valence electrons. The van der Waals surface area contributed by atoms with Gasteiger partial charge in [-0.2, -0.15) is 13.2 Å². The third-order valence-electron chi connectivity index (χ3n) is 7.23. The molecule has 47 heavy (non-hydrogen) atoms. The van der Waals surface area contributed by atoms with E-state index in [2.05, 4.69) is 15.4 Å². The minimum Gasteiger partial charge on any atom is -0.497 e. The molecule has 0 bridgehead atoms. The second-order valence-corrected chi connectivity index (χ2v) is 10.6. The van der Waals surface area contributed by atoms with Crippen LogP contribution in [0, 0.1) is 10.1 Å². The van der Waals surface area contributed by atoms with Gasteiger partial charge in [0, 0.05) is 30.4 Å².